The number of nitrogens with two attached hydrogens (primary N) is 1. The summed E-state index contributed by atoms with van der Waals surface area (Å²) in [5.41, 5.74) is 7.77. The topological polar surface area (TPSA) is 117 Å². The predicted octanol–water partition coefficient (Wildman–Crippen LogP) is 3.55. The van der Waals surface area contributed by atoms with Crippen LogP contribution >= 0.6 is 11.3 Å². The number of thiazole rings is 1. The fourth-order valence-electron chi connectivity index (χ4n) is 6.18. The third-order valence-corrected chi connectivity index (χ3v) is 9.60. The number of nitrogens with zero attached hydrogens (tertiary/aromatic N) is 2. The molecule has 3 atom stereocenters. The standard InChI is InChI=1S/C31H39N5O3S/c1-33-24(18-20-8-3-2-4-9-20)31(39)36-17-7-11-25(36)29(38)35-27(22-15-13-21(19-32)14-16-22)28(37)30-34-23-10-5-6-12-26(23)40-30/h2-6,8-10,12,21-22,24-25,27,33H,7,11,13-19,32H2,1H3,(H,35,38)/t21?,22?,24-,25+,27+/m1/s1. The van der Waals surface area contributed by atoms with Gasteiger partial charge in [-0.1, -0.05) is 42.5 Å². The maximum Gasteiger partial charge on any atom is 0.243 e. The number of carbonyl (C=O) groups excluding carboxylic acids is 3. The Morgan fingerprint density at radius 3 is 2.45 bits per heavy atom. The van der Waals surface area contributed by atoms with Crippen LogP contribution in [0.1, 0.15) is 53.9 Å². The molecule has 1 aliphatic carbocycles. The van der Waals surface area contributed by atoms with Crippen molar-refractivity contribution in [3.63, 3.8) is 0 Å². The third-order valence-electron chi connectivity index (χ3n) is 8.55. The molecule has 212 valence electrons. The largest absolute Gasteiger partial charge is 0.344 e. The Hall–Kier alpha value is -3.14. The van der Waals surface area contributed by atoms with Gasteiger partial charge in [0.25, 0.3) is 0 Å². The van der Waals surface area contributed by atoms with Crippen LogP contribution in [0, 0.1) is 11.8 Å². The first-order chi connectivity index (χ1) is 19.5. The number of ketones is 1. The van der Waals surface area contributed by atoms with E-state index in [-0.39, 0.29) is 23.5 Å². The number of aromatic nitrogens is 1. The fraction of sp³-hybridized carbons (Fsp3) is 0.484. The molecule has 2 amide bonds. The highest BCUT2D eigenvalue weighted by Crippen LogP contribution is 2.33. The van der Waals surface area contributed by atoms with Crippen LogP contribution in [0.15, 0.2) is 54.6 Å². The van der Waals surface area contributed by atoms with E-state index in [1.54, 1.807) is 11.9 Å². The van der Waals surface area contributed by atoms with Crippen LogP contribution in [0.3, 0.4) is 0 Å². The third kappa shape index (κ3) is 6.27. The van der Waals surface area contributed by atoms with E-state index in [0.29, 0.717) is 36.9 Å². The van der Waals surface area contributed by atoms with Crippen LogP contribution < -0.4 is 16.4 Å². The molecular formula is C31H39N5O3S. The van der Waals surface area contributed by atoms with Gasteiger partial charge >= 0.3 is 0 Å². The minimum absolute atomic E-state index is 0.0138. The Labute approximate surface area is 239 Å². The van der Waals surface area contributed by atoms with E-state index in [0.717, 1.165) is 47.9 Å². The van der Waals surface area contributed by atoms with Gasteiger partial charge in [0.2, 0.25) is 17.6 Å². The number of hydrogen-bond donors (Lipinski definition) is 3. The van der Waals surface area contributed by atoms with Crippen LogP contribution in [-0.4, -0.2) is 65.7 Å². The summed E-state index contributed by atoms with van der Waals surface area (Å²) in [7, 11) is 1.78. The van der Waals surface area contributed by atoms with Crippen LogP contribution in [0.4, 0.5) is 0 Å². The highest BCUT2D eigenvalue weighted by atomic mass is 32.1. The molecule has 2 heterocycles. The van der Waals surface area contributed by atoms with Gasteiger partial charge in [-0.15, -0.1) is 11.3 Å². The molecule has 0 bridgehead atoms. The number of likely N-dealkylation sites (N-methyl/N-ethyl adjacent to an activating group) is 1. The normalized spacial score (nSPS) is 22.6. The van der Waals surface area contributed by atoms with Gasteiger partial charge in [0.15, 0.2) is 5.01 Å². The summed E-state index contributed by atoms with van der Waals surface area (Å²) in [4.78, 5) is 47.6. The first kappa shape index (κ1) is 28.4. The number of likely N-dealkylation sites (tertiary alicyclic amines) is 1. The lowest BCUT2D eigenvalue weighted by Crippen LogP contribution is -2.56. The van der Waals surface area contributed by atoms with E-state index < -0.39 is 18.1 Å². The molecular weight excluding hydrogens is 522 g/mol. The molecule has 40 heavy (non-hydrogen) atoms. The molecule has 4 N–H and O–H groups in total. The van der Waals surface area contributed by atoms with Gasteiger partial charge in [-0.3, -0.25) is 14.4 Å². The maximum absolute atomic E-state index is 13.9. The van der Waals surface area contributed by atoms with Crippen molar-refractivity contribution >= 4 is 39.2 Å². The second kappa shape index (κ2) is 13.0. The Morgan fingerprint density at radius 2 is 1.75 bits per heavy atom. The van der Waals surface area contributed by atoms with Gasteiger partial charge in [-0.05, 0) is 88.1 Å². The van der Waals surface area contributed by atoms with Gasteiger partial charge in [-0.2, -0.15) is 0 Å². The van der Waals surface area contributed by atoms with Crippen LogP contribution in [-0.2, 0) is 16.0 Å². The zero-order valence-electron chi connectivity index (χ0n) is 23.1. The van der Waals surface area contributed by atoms with E-state index in [1.807, 2.05) is 54.6 Å². The SMILES string of the molecule is CN[C@H](Cc1ccccc1)C(=O)N1CCC[C@H]1C(=O)N[C@H](C(=O)c1nc2ccccc2s1)C1CCC(CN)CC1. The van der Waals surface area contributed by atoms with Crippen molar-refractivity contribution in [3.05, 3.63) is 65.2 Å². The van der Waals surface area contributed by atoms with Crippen LogP contribution in [0.5, 0.6) is 0 Å². The fourth-order valence-corrected chi connectivity index (χ4v) is 7.13. The van der Waals surface area contributed by atoms with E-state index in [1.165, 1.54) is 11.3 Å². The highest BCUT2D eigenvalue weighted by molar-refractivity contribution is 7.20. The Kier molecular flexibility index (Phi) is 9.24. The maximum atomic E-state index is 13.9. The van der Waals surface area contributed by atoms with Gasteiger partial charge in [-0.25, -0.2) is 4.98 Å². The molecule has 1 aromatic heterocycles. The van der Waals surface area contributed by atoms with Gasteiger partial charge in [0.05, 0.1) is 22.3 Å². The number of benzene rings is 2. The molecule has 9 heteroatoms. The van der Waals surface area contributed by atoms with Gasteiger partial charge < -0.3 is 21.3 Å². The van der Waals surface area contributed by atoms with E-state index in [9.17, 15) is 14.4 Å². The molecule has 0 unspecified atom stereocenters. The smallest absolute Gasteiger partial charge is 0.243 e. The van der Waals surface area contributed by atoms with E-state index in [4.69, 9.17) is 5.73 Å². The molecule has 1 saturated carbocycles. The average Bonchev–Trinajstić information content (AvgIpc) is 3.66. The number of Topliss-reactive ketones (excluding diaryl/α,β-unsaturated/α-hetero) is 1. The van der Waals surface area contributed by atoms with Crippen LogP contribution in [0.2, 0.25) is 0 Å². The quantitative estimate of drug-likeness (QED) is 0.326. The molecule has 2 fully saturated rings. The average molecular weight is 562 g/mol. The summed E-state index contributed by atoms with van der Waals surface area (Å²) < 4.78 is 0.951. The molecule has 2 aliphatic rings. The minimum Gasteiger partial charge on any atom is -0.344 e. The van der Waals surface area contributed by atoms with Crippen molar-refractivity contribution in [1.82, 2.24) is 20.5 Å². The summed E-state index contributed by atoms with van der Waals surface area (Å²) in [6, 6.07) is 15.9. The number of carbonyl (C=O) groups is 3. The number of hydrogen-bond acceptors (Lipinski definition) is 7. The molecule has 0 radical (unpaired) electrons. The van der Waals surface area contributed by atoms with Crippen LogP contribution in [0.25, 0.3) is 10.2 Å². The molecule has 8 nitrogen and oxygen atoms in total. The number of rotatable bonds is 10. The summed E-state index contributed by atoms with van der Waals surface area (Å²) in [5, 5.41) is 6.70. The lowest BCUT2D eigenvalue weighted by Gasteiger charge is -2.34. The minimum atomic E-state index is -0.672. The number of nitrogens with one attached hydrogen (secondary N) is 2. The molecule has 1 aliphatic heterocycles. The van der Waals surface area contributed by atoms with Crippen molar-refractivity contribution in [3.8, 4) is 0 Å². The van der Waals surface area contributed by atoms with Crippen molar-refractivity contribution in [2.24, 2.45) is 17.6 Å². The summed E-state index contributed by atoms with van der Waals surface area (Å²) in [6.45, 7) is 1.17. The van der Waals surface area contributed by atoms with Crippen molar-refractivity contribution in [2.75, 3.05) is 20.1 Å². The Morgan fingerprint density at radius 1 is 1.02 bits per heavy atom. The number of para-hydroxylation sites is 1. The lowest BCUT2D eigenvalue weighted by atomic mass is 9.77. The zero-order chi connectivity index (χ0) is 28.1. The first-order valence-corrected chi connectivity index (χ1v) is 15.2. The summed E-state index contributed by atoms with van der Waals surface area (Å²) >= 11 is 1.37. The van der Waals surface area contributed by atoms with Gasteiger partial charge in [0.1, 0.15) is 6.04 Å². The Balaban J connectivity index is 1.34. The Bertz CT molecular complexity index is 1290. The second-order valence-electron chi connectivity index (χ2n) is 11.1. The molecule has 3 aromatic rings. The van der Waals surface area contributed by atoms with E-state index >= 15 is 0 Å². The lowest BCUT2D eigenvalue weighted by molar-refractivity contribution is -0.140. The molecule has 1 saturated heterocycles. The zero-order valence-corrected chi connectivity index (χ0v) is 23.9. The second-order valence-corrected chi connectivity index (χ2v) is 12.1. The first-order valence-electron chi connectivity index (χ1n) is 14.4. The molecule has 2 aromatic carbocycles. The monoisotopic (exact) mass is 561 g/mol. The van der Waals surface area contributed by atoms with Gasteiger partial charge in [0, 0.05) is 6.54 Å². The van der Waals surface area contributed by atoms with E-state index in [2.05, 4.69) is 15.6 Å². The molecule has 0 spiro atoms. The summed E-state index contributed by atoms with van der Waals surface area (Å²) in [5.74, 6) is -0.00252. The summed E-state index contributed by atoms with van der Waals surface area (Å²) in [6.07, 6.45) is 5.43. The molecule has 5 rings (SSSR count). The number of amides is 2. The van der Waals surface area contributed by atoms with Crippen molar-refractivity contribution in [1.29, 1.82) is 0 Å². The predicted molar refractivity (Wildman–Crippen MR) is 158 cm³/mol. The highest BCUT2D eigenvalue weighted by Gasteiger charge is 2.40. The van der Waals surface area contributed by atoms with Crippen molar-refractivity contribution < 1.29 is 14.4 Å². The number of fused-ring (bicyclic) bond motifs is 1. The van der Waals surface area contributed by atoms with Crippen molar-refractivity contribution in [2.45, 2.75) is 63.1 Å².